The Balaban J connectivity index is 1.37. The van der Waals surface area contributed by atoms with Gasteiger partial charge < -0.3 is 14.5 Å². The van der Waals surface area contributed by atoms with Gasteiger partial charge in [-0.3, -0.25) is 9.59 Å². The molecule has 0 unspecified atom stereocenters. The molecule has 1 saturated heterocycles. The minimum absolute atomic E-state index is 0.0224. The van der Waals surface area contributed by atoms with Crippen molar-refractivity contribution < 1.29 is 9.53 Å². The van der Waals surface area contributed by atoms with Gasteiger partial charge in [0.05, 0.1) is 24.4 Å². The van der Waals surface area contributed by atoms with Crippen LogP contribution in [0, 0.1) is 0 Å². The third-order valence-corrected chi connectivity index (χ3v) is 7.21. The molecule has 8 heteroatoms. The molecule has 2 heterocycles. The molecule has 0 N–H and O–H groups in total. The summed E-state index contributed by atoms with van der Waals surface area (Å²) in [6.45, 7) is 2.41. The molecule has 1 aliphatic heterocycles. The first kappa shape index (κ1) is 24.4. The lowest BCUT2D eigenvalue weighted by atomic mass is 9.98. The van der Waals surface area contributed by atoms with E-state index in [4.69, 9.17) is 16.3 Å². The van der Waals surface area contributed by atoms with E-state index in [1.165, 1.54) is 11.1 Å². The summed E-state index contributed by atoms with van der Waals surface area (Å²) in [6.07, 6.45) is 7.44. The summed E-state index contributed by atoms with van der Waals surface area (Å²) in [5.74, 6) is 0.454. The maximum absolute atomic E-state index is 13.6. The van der Waals surface area contributed by atoms with Gasteiger partial charge in [0.2, 0.25) is 11.7 Å². The summed E-state index contributed by atoms with van der Waals surface area (Å²) < 4.78 is 7.74. The van der Waals surface area contributed by atoms with Gasteiger partial charge in [0.25, 0.3) is 0 Å². The number of nitrogens with zero attached hydrogens (tertiary/aromatic N) is 4. The lowest BCUT2D eigenvalue weighted by Crippen LogP contribution is -2.49. The highest BCUT2D eigenvalue weighted by Crippen LogP contribution is 2.30. The van der Waals surface area contributed by atoms with Gasteiger partial charge >= 0.3 is 5.56 Å². The van der Waals surface area contributed by atoms with Gasteiger partial charge in [-0.25, -0.2) is 0 Å². The number of carbonyl (C=O) groups excluding carboxylic acids is 1. The van der Waals surface area contributed by atoms with E-state index in [1.54, 1.807) is 24.4 Å². The molecule has 1 saturated carbocycles. The predicted octanol–water partition coefficient (Wildman–Crippen LogP) is 4.49. The highest BCUT2D eigenvalue weighted by molar-refractivity contribution is 6.30. The number of anilines is 1. The van der Waals surface area contributed by atoms with Gasteiger partial charge in [-0.1, -0.05) is 54.4 Å². The molecule has 0 spiro atoms. The van der Waals surface area contributed by atoms with Gasteiger partial charge in [-0.15, -0.1) is 0 Å². The molecular formula is C28H31ClN4O3. The largest absolute Gasteiger partial charge is 0.483 e. The lowest BCUT2D eigenvalue weighted by Gasteiger charge is -2.37. The van der Waals surface area contributed by atoms with E-state index in [1.807, 2.05) is 41.3 Å². The van der Waals surface area contributed by atoms with E-state index in [-0.39, 0.29) is 17.6 Å². The molecule has 0 atom stereocenters. The fourth-order valence-electron chi connectivity index (χ4n) is 4.99. The van der Waals surface area contributed by atoms with E-state index in [0.717, 1.165) is 31.2 Å². The average Bonchev–Trinajstić information content (AvgIpc) is 2.91. The van der Waals surface area contributed by atoms with Crippen LogP contribution in [0.3, 0.4) is 0 Å². The van der Waals surface area contributed by atoms with Crippen molar-refractivity contribution in [3.63, 3.8) is 0 Å². The fourth-order valence-corrected chi connectivity index (χ4v) is 5.17. The third kappa shape index (κ3) is 5.57. The van der Waals surface area contributed by atoms with Crippen LogP contribution in [0.2, 0.25) is 5.02 Å². The van der Waals surface area contributed by atoms with Crippen LogP contribution in [-0.4, -0.2) is 52.9 Å². The molecule has 3 aromatic rings. The molecule has 0 bridgehead atoms. The topological polar surface area (TPSA) is 67.7 Å². The van der Waals surface area contributed by atoms with Gasteiger partial charge in [-0.05, 0) is 49.4 Å². The summed E-state index contributed by atoms with van der Waals surface area (Å²) in [5, 5.41) is 5.01. The average molecular weight is 507 g/mol. The molecule has 1 aliphatic carbocycles. The van der Waals surface area contributed by atoms with Gasteiger partial charge in [0.15, 0.2) is 0 Å². The Hall–Kier alpha value is -3.32. The van der Waals surface area contributed by atoms with Crippen molar-refractivity contribution in [3.05, 3.63) is 81.7 Å². The Labute approximate surface area is 216 Å². The summed E-state index contributed by atoms with van der Waals surface area (Å²) in [6, 6.07) is 16.9. The number of halogens is 1. The predicted molar refractivity (Wildman–Crippen MR) is 141 cm³/mol. The van der Waals surface area contributed by atoms with Crippen LogP contribution in [0.1, 0.15) is 37.7 Å². The Bertz CT molecular complexity index is 1250. The van der Waals surface area contributed by atoms with Crippen LogP contribution >= 0.6 is 11.6 Å². The number of hydrogen-bond donors (Lipinski definition) is 0. The highest BCUT2D eigenvalue weighted by Gasteiger charge is 2.27. The lowest BCUT2D eigenvalue weighted by molar-refractivity contribution is -0.130. The second-order valence-electron chi connectivity index (χ2n) is 9.46. The summed E-state index contributed by atoms with van der Waals surface area (Å²) in [7, 11) is 0. The molecule has 188 valence electrons. The standard InChI is InChI=1S/C28H31ClN4O3/c29-22-10-7-11-23(19-22)33-28(35)27(36-24-12-5-2-6-13-24)25(20-30-33)31-14-16-32(17-15-31)26(34)18-21-8-3-1-4-9-21/h1,3-4,7-11,19-20,24H,2,5-6,12-18H2. The molecule has 7 nitrogen and oxygen atoms in total. The molecule has 1 amide bonds. The minimum Gasteiger partial charge on any atom is -0.483 e. The summed E-state index contributed by atoms with van der Waals surface area (Å²) in [5.41, 5.74) is 2.02. The van der Waals surface area contributed by atoms with E-state index in [2.05, 4.69) is 10.00 Å². The maximum Gasteiger partial charge on any atom is 0.316 e. The molecule has 1 aromatic heterocycles. The van der Waals surface area contributed by atoms with Gasteiger partial charge in [0.1, 0.15) is 5.69 Å². The van der Waals surface area contributed by atoms with Crippen LogP contribution in [0.25, 0.3) is 5.69 Å². The van der Waals surface area contributed by atoms with Crippen molar-refractivity contribution in [2.75, 3.05) is 31.1 Å². The second kappa shape index (κ2) is 11.2. The third-order valence-electron chi connectivity index (χ3n) is 6.98. The van der Waals surface area contributed by atoms with Crippen molar-refractivity contribution >= 4 is 23.2 Å². The van der Waals surface area contributed by atoms with Gasteiger partial charge in [0, 0.05) is 31.2 Å². The van der Waals surface area contributed by atoms with Crippen LogP contribution < -0.4 is 15.2 Å². The van der Waals surface area contributed by atoms with Gasteiger partial charge in [-0.2, -0.15) is 9.78 Å². The van der Waals surface area contributed by atoms with Crippen molar-refractivity contribution in [1.29, 1.82) is 0 Å². The van der Waals surface area contributed by atoms with Crippen LogP contribution in [0.5, 0.6) is 5.75 Å². The first-order chi connectivity index (χ1) is 17.6. The first-order valence-electron chi connectivity index (χ1n) is 12.7. The number of carbonyl (C=O) groups is 1. The summed E-state index contributed by atoms with van der Waals surface area (Å²) in [4.78, 5) is 30.5. The number of amides is 1. The number of rotatable bonds is 6. The van der Waals surface area contributed by atoms with Crippen molar-refractivity contribution in [1.82, 2.24) is 14.7 Å². The SMILES string of the molecule is O=C(Cc1ccccc1)N1CCN(c2cnn(-c3cccc(Cl)c3)c(=O)c2OC2CCCCC2)CC1. The Morgan fingerprint density at radius 1 is 0.972 bits per heavy atom. The van der Waals surface area contributed by atoms with E-state index < -0.39 is 0 Å². The normalized spacial score (nSPS) is 16.7. The number of ether oxygens (including phenoxy) is 1. The van der Waals surface area contributed by atoms with Crippen molar-refractivity contribution in [2.24, 2.45) is 0 Å². The number of hydrogen-bond acceptors (Lipinski definition) is 5. The second-order valence-corrected chi connectivity index (χ2v) is 9.90. The minimum atomic E-state index is -0.289. The molecule has 5 rings (SSSR count). The Morgan fingerprint density at radius 3 is 2.44 bits per heavy atom. The smallest absolute Gasteiger partial charge is 0.316 e. The van der Waals surface area contributed by atoms with Crippen molar-refractivity contribution in [3.8, 4) is 11.4 Å². The molecule has 2 aromatic carbocycles. The molecule has 2 fully saturated rings. The van der Waals surface area contributed by atoms with Crippen LogP contribution in [0.4, 0.5) is 5.69 Å². The molecule has 0 radical (unpaired) electrons. The number of piperazine rings is 1. The van der Waals surface area contributed by atoms with Crippen LogP contribution in [-0.2, 0) is 11.2 Å². The number of aromatic nitrogens is 2. The molecular weight excluding hydrogens is 476 g/mol. The molecule has 36 heavy (non-hydrogen) atoms. The van der Waals surface area contributed by atoms with E-state index in [0.29, 0.717) is 54.7 Å². The highest BCUT2D eigenvalue weighted by atomic mass is 35.5. The number of benzene rings is 2. The quantitative estimate of drug-likeness (QED) is 0.493. The first-order valence-corrected chi connectivity index (χ1v) is 13.1. The van der Waals surface area contributed by atoms with E-state index >= 15 is 0 Å². The zero-order valence-corrected chi connectivity index (χ0v) is 21.1. The monoisotopic (exact) mass is 506 g/mol. The zero-order valence-electron chi connectivity index (χ0n) is 20.3. The van der Waals surface area contributed by atoms with Crippen LogP contribution in [0.15, 0.2) is 65.6 Å². The molecule has 2 aliphatic rings. The Morgan fingerprint density at radius 2 is 1.72 bits per heavy atom. The maximum atomic E-state index is 13.6. The zero-order chi connectivity index (χ0) is 24.9. The fraction of sp³-hybridized carbons (Fsp3) is 0.393. The Kier molecular flexibility index (Phi) is 7.56. The summed E-state index contributed by atoms with van der Waals surface area (Å²) >= 11 is 6.17. The van der Waals surface area contributed by atoms with Crippen molar-refractivity contribution in [2.45, 2.75) is 44.6 Å². The van der Waals surface area contributed by atoms with E-state index in [9.17, 15) is 9.59 Å².